The molecule has 0 aromatic carbocycles. The molecular weight excluding hydrogens is 280 g/mol. The van der Waals surface area contributed by atoms with Crippen molar-refractivity contribution in [2.45, 2.75) is 19.4 Å². The maximum Gasteiger partial charge on any atom is 0.225 e. The Morgan fingerprint density at radius 3 is 2.65 bits per heavy atom. The molecule has 1 aliphatic rings. The molecule has 0 radical (unpaired) electrons. The minimum atomic E-state index is -3.14. The normalized spacial score (nSPS) is 18.1. The van der Waals surface area contributed by atoms with Crippen LogP contribution in [0, 0.1) is 5.92 Å². The molecule has 1 saturated heterocycles. The third kappa shape index (κ3) is 3.57. The van der Waals surface area contributed by atoms with Crippen LogP contribution in [-0.4, -0.2) is 60.1 Å². The average Bonchev–Trinajstić information content (AvgIpc) is 2.90. The fourth-order valence-corrected chi connectivity index (χ4v) is 3.34. The number of aromatic amines is 1. The fourth-order valence-electron chi connectivity index (χ4n) is 2.46. The molecule has 20 heavy (non-hydrogen) atoms. The summed E-state index contributed by atoms with van der Waals surface area (Å²) in [5.41, 5.74) is 0.953. The highest BCUT2D eigenvalue weighted by molar-refractivity contribution is 7.88. The molecule has 1 amide bonds. The van der Waals surface area contributed by atoms with Gasteiger partial charge in [0, 0.05) is 44.4 Å². The van der Waals surface area contributed by atoms with Crippen molar-refractivity contribution in [2.24, 2.45) is 5.92 Å². The van der Waals surface area contributed by atoms with Gasteiger partial charge in [-0.1, -0.05) is 0 Å². The van der Waals surface area contributed by atoms with E-state index in [2.05, 4.69) is 10.2 Å². The molecule has 0 unspecified atom stereocenters. The number of nitrogens with one attached hydrogen (secondary N) is 1. The van der Waals surface area contributed by atoms with E-state index in [0.717, 1.165) is 5.56 Å². The first-order valence-corrected chi connectivity index (χ1v) is 8.40. The summed E-state index contributed by atoms with van der Waals surface area (Å²) in [5.74, 6) is -0.0238. The molecule has 7 nitrogen and oxygen atoms in total. The van der Waals surface area contributed by atoms with Crippen molar-refractivity contribution in [1.82, 2.24) is 19.4 Å². The van der Waals surface area contributed by atoms with Crippen LogP contribution in [0.4, 0.5) is 0 Å². The molecule has 0 atom stereocenters. The van der Waals surface area contributed by atoms with Crippen LogP contribution in [0.5, 0.6) is 0 Å². The van der Waals surface area contributed by atoms with E-state index in [1.165, 1.54) is 10.6 Å². The number of nitrogens with zero attached hydrogens (tertiary/aromatic N) is 3. The number of aromatic nitrogens is 2. The molecule has 8 heteroatoms. The highest BCUT2D eigenvalue weighted by Crippen LogP contribution is 2.21. The molecule has 1 fully saturated rings. The standard InChI is InChI=1S/C12H20N4O3S/c1-15(9-10-7-13-14-8-10)12(17)11-3-5-16(6-4-11)20(2,18)19/h7-8,11H,3-6,9H2,1-2H3,(H,13,14). The van der Waals surface area contributed by atoms with E-state index in [4.69, 9.17) is 0 Å². The highest BCUT2D eigenvalue weighted by Gasteiger charge is 2.30. The number of rotatable bonds is 4. The zero-order valence-electron chi connectivity index (χ0n) is 11.7. The second kappa shape index (κ2) is 5.92. The topological polar surface area (TPSA) is 86.4 Å². The van der Waals surface area contributed by atoms with E-state index >= 15 is 0 Å². The van der Waals surface area contributed by atoms with Crippen LogP contribution in [0.2, 0.25) is 0 Å². The average molecular weight is 300 g/mol. The van der Waals surface area contributed by atoms with Gasteiger partial charge in [-0.25, -0.2) is 12.7 Å². The van der Waals surface area contributed by atoms with Crippen molar-refractivity contribution in [2.75, 3.05) is 26.4 Å². The number of carbonyl (C=O) groups is 1. The maximum absolute atomic E-state index is 12.3. The van der Waals surface area contributed by atoms with Gasteiger partial charge in [-0.3, -0.25) is 9.89 Å². The third-order valence-corrected chi connectivity index (χ3v) is 4.93. The lowest BCUT2D eigenvalue weighted by Gasteiger charge is -2.31. The summed E-state index contributed by atoms with van der Waals surface area (Å²) < 4.78 is 24.3. The molecule has 0 saturated carbocycles. The van der Waals surface area contributed by atoms with Gasteiger partial charge >= 0.3 is 0 Å². The molecule has 2 heterocycles. The van der Waals surface area contributed by atoms with E-state index < -0.39 is 10.0 Å². The van der Waals surface area contributed by atoms with E-state index in [1.54, 1.807) is 24.3 Å². The lowest BCUT2D eigenvalue weighted by molar-refractivity contribution is -0.135. The van der Waals surface area contributed by atoms with E-state index in [9.17, 15) is 13.2 Å². The van der Waals surface area contributed by atoms with Crippen molar-refractivity contribution in [3.63, 3.8) is 0 Å². The van der Waals surface area contributed by atoms with Crippen LogP contribution in [0.15, 0.2) is 12.4 Å². The van der Waals surface area contributed by atoms with Gasteiger partial charge in [0.05, 0.1) is 12.5 Å². The van der Waals surface area contributed by atoms with Crippen LogP contribution >= 0.6 is 0 Å². The van der Waals surface area contributed by atoms with E-state index in [-0.39, 0.29) is 11.8 Å². The van der Waals surface area contributed by atoms with Gasteiger partial charge in [0.25, 0.3) is 0 Å². The number of H-pyrrole nitrogens is 1. The van der Waals surface area contributed by atoms with Crippen molar-refractivity contribution in [1.29, 1.82) is 0 Å². The maximum atomic E-state index is 12.3. The fraction of sp³-hybridized carbons (Fsp3) is 0.667. The number of carbonyl (C=O) groups excluding carboxylic acids is 1. The number of piperidine rings is 1. The summed E-state index contributed by atoms with van der Waals surface area (Å²) in [6.45, 7) is 1.37. The number of sulfonamides is 1. The Bertz CT molecular complexity index is 547. The molecule has 1 aliphatic heterocycles. The molecular formula is C12H20N4O3S. The van der Waals surface area contributed by atoms with Crippen molar-refractivity contribution in [3.8, 4) is 0 Å². The number of amides is 1. The third-order valence-electron chi connectivity index (χ3n) is 3.62. The quantitative estimate of drug-likeness (QED) is 0.850. The Hall–Kier alpha value is -1.41. The molecule has 1 N–H and O–H groups in total. The van der Waals surface area contributed by atoms with Gasteiger partial charge in [0.15, 0.2) is 0 Å². The van der Waals surface area contributed by atoms with Crippen molar-refractivity contribution < 1.29 is 13.2 Å². The Kier molecular flexibility index (Phi) is 4.44. The first-order valence-electron chi connectivity index (χ1n) is 6.55. The van der Waals surface area contributed by atoms with Crippen LogP contribution in [-0.2, 0) is 21.4 Å². The second-order valence-corrected chi connectivity index (χ2v) is 7.22. The predicted octanol–water partition coefficient (Wildman–Crippen LogP) is 0.0397. The smallest absolute Gasteiger partial charge is 0.225 e. The summed E-state index contributed by atoms with van der Waals surface area (Å²) in [5, 5.41) is 6.56. The highest BCUT2D eigenvalue weighted by atomic mass is 32.2. The minimum absolute atomic E-state index is 0.0688. The molecule has 1 aromatic rings. The molecule has 0 spiro atoms. The number of hydrogen-bond donors (Lipinski definition) is 1. The lowest BCUT2D eigenvalue weighted by Crippen LogP contribution is -2.42. The Morgan fingerprint density at radius 2 is 2.15 bits per heavy atom. The van der Waals surface area contributed by atoms with Gasteiger partial charge < -0.3 is 4.90 Å². The van der Waals surface area contributed by atoms with Gasteiger partial charge in [0.2, 0.25) is 15.9 Å². The largest absolute Gasteiger partial charge is 0.341 e. The Balaban J connectivity index is 1.88. The van der Waals surface area contributed by atoms with Crippen LogP contribution in [0.25, 0.3) is 0 Å². The first-order chi connectivity index (χ1) is 9.38. The van der Waals surface area contributed by atoms with Gasteiger partial charge in [0.1, 0.15) is 0 Å². The first kappa shape index (κ1) is 15.0. The zero-order chi connectivity index (χ0) is 14.8. The molecule has 0 aliphatic carbocycles. The zero-order valence-corrected chi connectivity index (χ0v) is 12.6. The molecule has 1 aromatic heterocycles. The SMILES string of the molecule is CN(Cc1cn[nH]c1)C(=O)C1CCN(S(C)(=O)=O)CC1. The van der Waals surface area contributed by atoms with Gasteiger partial charge in [-0.15, -0.1) is 0 Å². The Morgan fingerprint density at radius 1 is 1.50 bits per heavy atom. The minimum Gasteiger partial charge on any atom is -0.341 e. The second-order valence-electron chi connectivity index (χ2n) is 5.24. The number of hydrogen-bond acceptors (Lipinski definition) is 4. The van der Waals surface area contributed by atoms with Crippen molar-refractivity contribution >= 4 is 15.9 Å². The van der Waals surface area contributed by atoms with Crippen LogP contribution in [0.1, 0.15) is 18.4 Å². The predicted molar refractivity (Wildman–Crippen MR) is 74.2 cm³/mol. The van der Waals surface area contributed by atoms with Crippen LogP contribution in [0.3, 0.4) is 0 Å². The van der Waals surface area contributed by atoms with Crippen LogP contribution < -0.4 is 0 Å². The molecule has 112 valence electrons. The van der Waals surface area contributed by atoms with E-state index in [0.29, 0.717) is 32.5 Å². The summed E-state index contributed by atoms with van der Waals surface area (Å²) >= 11 is 0. The van der Waals surface area contributed by atoms with Gasteiger partial charge in [-0.05, 0) is 12.8 Å². The summed E-state index contributed by atoms with van der Waals surface area (Å²) in [6.07, 6.45) is 5.83. The molecule has 2 rings (SSSR count). The van der Waals surface area contributed by atoms with E-state index in [1.807, 2.05) is 0 Å². The lowest BCUT2D eigenvalue weighted by atomic mass is 9.96. The van der Waals surface area contributed by atoms with Gasteiger partial charge in [-0.2, -0.15) is 5.10 Å². The summed E-state index contributed by atoms with van der Waals surface area (Å²) in [7, 11) is -1.38. The van der Waals surface area contributed by atoms with Crippen molar-refractivity contribution in [3.05, 3.63) is 18.0 Å². The summed E-state index contributed by atoms with van der Waals surface area (Å²) in [4.78, 5) is 14.0. The molecule has 0 bridgehead atoms. The Labute approximate surface area is 119 Å². The monoisotopic (exact) mass is 300 g/mol. The summed E-state index contributed by atoms with van der Waals surface area (Å²) in [6, 6.07) is 0.